The molecule has 1 saturated heterocycles. The molecule has 5 rings (SSSR count). The van der Waals surface area contributed by atoms with E-state index in [-0.39, 0.29) is 22.2 Å². The Morgan fingerprint density at radius 1 is 1.35 bits per heavy atom. The maximum atomic E-state index is 13.0. The molecule has 3 aliphatic rings. The summed E-state index contributed by atoms with van der Waals surface area (Å²) in [5.41, 5.74) is 8.92. The van der Waals surface area contributed by atoms with Crippen molar-refractivity contribution < 1.29 is 46.4 Å². The van der Waals surface area contributed by atoms with E-state index in [2.05, 4.69) is 26.1 Å². The van der Waals surface area contributed by atoms with Crippen molar-refractivity contribution in [2.45, 2.75) is 37.2 Å². The highest BCUT2D eigenvalue weighted by molar-refractivity contribution is 8.00. The van der Waals surface area contributed by atoms with Gasteiger partial charge in [-0.25, -0.2) is 9.78 Å². The predicted molar refractivity (Wildman–Crippen MR) is 143 cm³/mol. The standard InChI is InChI=1S/C22H22N6O5S2.H2O4S/c1-33-26-15(13-10-35-22(23)24-13)18(29)25-16-19(30)28-17(21(31)32)12(9-34-20(16)28)8-27-7-3-5-11-4-2-6-14(11)27;1-5(2,3)4/h3,5,7,10,16,20H,2,4,6,8-9H2,1H3,(H3-,23,24,25,29,31,32);(H2,1,2,3,4)/p+1/b26-15-;/t16-,20-;/m1./s1. The molecule has 2 aliphatic heterocycles. The SMILES string of the molecule is CO/N=C(\C(=O)N[C@@H]1C(=O)N2C(C(=O)O)=C(C[n+]3cccc4c3CCC4)CS[C@H]12)c1csc(N)n1.O=S(=O)(O)O. The summed E-state index contributed by atoms with van der Waals surface area (Å²) in [6, 6.07) is 3.18. The summed E-state index contributed by atoms with van der Waals surface area (Å²) in [6.07, 6.45) is 5.01. The number of oxime groups is 1. The number of hydrogen-bond acceptors (Lipinski definition) is 11. The van der Waals surface area contributed by atoms with E-state index in [1.807, 2.05) is 12.3 Å². The van der Waals surface area contributed by atoms with Crippen LogP contribution in [0, 0.1) is 0 Å². The van der Waals surface area contributed by atoms with Crippen LogP contribution >= 0.6 is 23.1 Å². The van der Waals surface area contributed by atoms with Crippen molar-refractivity contribution in [1.29, 1.82) is 0 Å². The highest BCUT2D eigenvalue weighted by Crippen LogP contribution is 2.40. The number of rotatable bonds is 7. The zero-order chi connectivity index (χ0) is 29.2. The smallest absolute Gasteiger partial charge is 0.394 e. The van der Waals surface area contributed by atoms with Crippen LogP contribution in [0.15, 0.2) is 40.1 Å². The zero-order valence-electron chi connectivity index (χ0n) is 20.9. The lowest BCUT2D eigenvalue weighted by Crippen LogP contribution is -2.71. The number of aryl methyl sites for hydroxylation is 1. The molecule has 18 heteroatoms. The summed E-state index contributed by atoms with van der Waals surface area (Å²) in [7, 11) is -3.37. The second kappa shape index (κ2) is 11.9. The van der Waals surface area contributed by atoms with Gasteiger partial charge in [-0.2, -0.15) is 13.0 Å². The Morgan fingerprint density at radius 3 is 2.70 bits per heavy atom. The van der Waals surface area contributed by atoms with Gasteiger partial charge in [0.2, 0.25) is 0 Å². The molecule has 214 valence electrons. The second-order valence-electron chi connectivity index (χ2n) is 8.72. The van der Waals surface area contributed by atoms with Crippen molar-refractivity contribution in [3.63, 3.8) is 0 Å². The first-order valence-corrected chi connectivity index (χ1v) is 14.9. The molecule has 0 spiro atoms. The van der Waals surface area contributed by atoms with Gasteiger partial charge in [-0.05, 0) is 18.9 Å². The number of aliphatic carboxylic acids is 1. The molecule has 1 fully saturated rings. The molecule has 0 aromatic carbocycles. The molecule has 1 aliphatic carbocycles. The maximum Gasteiger partial charge on any atom is 0.394 e. The van der Waals surface area contributed by atoms with Crippen molar-refractivity contribution in [3.8, 4) is 0 Å². The van der Waals surface area contributed by atoms with Crippen LogP contribution in [0.3, 0.4) is 0 Å². The Morgan fingerprint density at radius 2 is 2.08 bits per heavy atom. The Hall–Kier alpha value is -3.58. The molecule has 40 heavy (non-hydrogen) atoms. The number of amides is 2. The molecule has 0 radical (unpaired) electrons. The van der Waals surface area contributed by atoms with Crippen LogP contribution in [-0.4, -0.2) is 80.3 Å². The first kappa shape index (κ1) is 29.4. The van der Waals surface area contributed by atoms with Gasteiger partial charge < -0.3 is 21.0 Å². The van der Waals surface area contributed by atoms with E-state index in [1.54, 1.807) is 5.38 Å². The average molecular weight is 614 g/mol. The number of thiazole rings is 1. The van der Waals surface area contributed by atoms with Gasteiger partial charge in [0.05, 0.1) is 0 Å². The zero-order valence-corrected chi connectivity index (χ0v) is 23.3. The highest BCUT2D eigenvalue weighted by atomic mass is 32.3. The number of nitrogens with one attached hydrogen (secondary N) is 1. The normalized spacial score (nSPS) is 20.1. The van der Waals surface area contributed by atoms with E-state index in [0.29, 0.717) is 17.9 Å². The molecule has 0 bridgehead atoms. The number of carbonyl (C=O) groups excluding carboxylic acids is 2. The van der Waals surface area contributed by atoms with Crippen molar-refractivity contribution in [1.82, 2.24) is 15.2 Å². The van der Waals surface area contributed by atoms with Crippen LogP contribution in [0.5, 0.6) is 0 Å². The maximum absolute atomic E-state index is 13.0. The lowest BCUT2D eigenvalue weighted by atomic mass is 10.0. The van der Waals surface area contributed by atoms with Crippen LogP contribution in [0.4, 0.5) is 5.13 Å². The van der Waals surface area contributed by atoms with Crippen molar-refractivity contribution >= 4 is 62.1 Å². The fraction of sp³-hybridized carbons (Fsp3) is 0.364. The van der Waals surface area contributed by atoms with Crippen molar-refractivity contribution in [2.75, 3.05) is 18.6 Å². The number of carboxylic acid groups (broad SMARTS) is 1. The summed E-state index contributed by atoms with van der Waals surface area (Å²) in [4.78, 5) is 48.2. The summed E-state index contributed by atoms with van der Waals surface area (Å²) < 4.78 is 33.7. The van der Waals surface area contributed by atoms with Crippen LogP contribution in [0.1, 0.15) is 23.4 Å². The fourth-order valence-corrected chi connectivity index (χ4v) is 6.56. The summed E-state index contributed by atoms with van der Waals surface area (Å²) in [5, 5.41) is 17.7. The number of aromatic nitrogens is 2. The number of β-lactam (4-membered cyclic amide) rings is 1. The Balaban J connectivity index is 0.000000681. The number of anilines is 1. The van der Waals surface area contributed by atoms with Gasteiger partial charge in [-0.1, -0.05) is 5.16 Å². The van der Waals surface area contributed by atoms with Gasteiger partial charge in [0.1, 0.15) is 29.9 Å². The molecule has 0 saturated carbocycles. The number of nitrogen functional groups attached to an aromatic ring is 1. The van der Waals surface area contributed by atoms with E-state index < -0.39 is 39.6 Å². The number of nitrogens with two attached hydrogens (primary N) is 1. The third-order valence-electron chi connectivity index (χ3n) is 6.20. The fourth-order valence-electron chi connectivity index (χ4n) is 4.67. The second-order valence-corrected chi connectivity index (χ2v) is 11.6. The van der Waals surface area contributed by atoms with Crippen LogP contribution in [-0.2, 0) is 49.0 Å². The molecule has 2 aromatic heterocycles. The Bertz CT molecular complexity index is 1510. The van der Waals surface area contributed by atoms with Gasteiger partial charge in [-0.15, -0.1) is 23.1 Å². The number of carboxylic acids is 1. The van der Waals surface area contributed by atoms with Gasteiger partial charge in [0.15, 0.2) is 29.3 Å². The number of thioether (sulfide) groups is 1. The molecule has 2 aromatic rings. The minimum Gasteiger partial charge on any atom is -0.477 e. The van der Waals surface area contributed by atoms with E-state index >= 15 is 0 Å². The largest absolute Gasteiger partial charge is 0.477 e. The molecule has 15 nitrogen and oxygen atoms in total. The minimum atomic E-state index is -4.67. The number of pyridine rings is 1. The minimum absolute atomic E-state index is 0.00888. The predicted octanol–water partition coefficient (Wildman–Crippen LogP) is -0.362. The molecule has 2 atom stereocenters. The lowest BCUT2D eigenvalue weighted by molar-refractivity contribution is -0.696. The number of carbonyl (C=O) groups is 3. The van der Waals surface area contributed by atoms with Crippen LogP contribution < -0.4 is 15.6 Å². The van der Waals surface area contributed by atoms with E-state index in [0.717, 1.165) is 30.6 Å². The van der Waals surface area contributed by atoms with E-state index in [4.69, 9.17) is 28.1 Å². The number of nitrogens with zero attached hydrogens (tertiary/aromatic N) is 4. The first-order chi connectivity index (χ1) is 18.9. The van der Waals surface area contributed by atoms with Crippen molar-refractivity contribution in [3.05, 3.63) is 51.9 Å². The van der Waals surface area contributed by atoms with Gasteiger partial charge >= 0.3 is 16.4 Å². The molecule has 2 amide bonds. The van der Waals surface area contributed by atoms with Gasteiger partial charge in [0.25, 0.3) is 11.8 Å². The molecule has 0 unspecified atom stereocenters. The van der Waals surface area contributed by atoms with E-state index in [1.165, 1.54) is 35.0 Å². The lowest BCUT2D eigenvalue weighted by Gasteiger charge is -2.49. The molecular weight excluding hydrogens is 588 g/mol. The van der Waals surface area contributed by atoms with Crippen LogP contribution in [0.2, 0.25) is 0 Å². The third-order valence-corrected chi connectivity index (χ3v) is 8.21. The molecular formula is C22H25N6O9S3+. The van der Waals surface area contributed by atoms with Gasteiger partial charge in [-0.3, -0.25) is 23.6 Å². The summed E-state index contributed by atoms with van der Waals surface area (Å²) >= 11 is 2.57. The monoisotopic (exact) mass is 613 g/mol. The summed E-state index contributed by atoms with van der Waals surface area (Å²) in [6.45, 7) is 0.404. The van der Waals surface area contributed by atoms with Gasteiger partial charge in [0, 0.05) is 34.8 Å². The topological polar surface area (TPSA) is 226 Å². The Labute approximate surface area is 236 Å². The number of fused-ring (bicyclic) bond motifs is 2. The first-order valence-electron chi connectivity index (χ1n) is 11.6. The molecule has 4 heterocycles. The highest BCUT2D eigenvalue weighted by Gasteiger charge is 2.55. The summed E-state index contributed by atoms with van der Waals surface area (Å²) in [5.74, 6) is -1.86. The molecule has 6 N–H and O–H groups in total. The quantitative estimate of drug-likeness (QED) is 0.0887. The third kappa shape index (κ3) is 6.41. The van der Waals surface area contributed by atoms with Crippen LogP contribution in [0.25, 0.3) is 0 Å². The Kier molecular flexibility index (Phi) is 8.74. The van der Waals surface area contributed by atoms with E-state index in [9.17, 15) is 19.5 Å². The average Bonchev–Trinajstić information content (AvgIpc) is 3.53. The van der Waals surface area contributed by atoms with Crippen molar-refractivity contribution in [2.24, 2.45) is 5.16 Å². The number of hydrogen-bond donors (Lipinski definition) is 5.